The highest BCUT2D eigenvalue weighted by Gasteiger charge is 2.29. The van der Waals surface area contributed by atoms with Crippen LogP contribution in [0.4, 0.5) is 10.5 Å². The Morgan fingerprint density at radius 2 is 2.24 bits per heavy atom. The Kier molecular flexibility index (Phi) is 4.64. The van der Waals surface area contributed by atoms with Gasteiger partial charge >= 0.3 is 12.0 Å². The van der Waals surface area contributed by atoms with Crippen molar-refractivity contribution < 1.29 is 24.2 Å². The number of ether oxygens (including phenoxy) is 2. The number of hydrogen-bond donors (Lipinski definition) is 2. The summed E-state index contributed by atoms with van der Waals surface area (Å²) in [4.78, 5) is 24.5. The molecule has 1 fully saturated rings. The second-order valence-corrected chi connectivity index (χ2v) is 4.75. The Morgan fingerprint density at radius 1 is 1.48 bits per heavy atom. The molecule has 2 amide bonds. The van der Waals surface area contributed by atoms with Crippen molar-refractivity contribution in [2.75, 3.05) is 32.1 Å². The molecule has 1 aliphatic heterocycles. The topological polar surface area (TPSA) is 88.1 Å². The first kappa shape index (κ1) is 15.1. The molecule has 7 nitrogen and oxygen atoms in total. The fraction of sp³-hybridized carbons (Fsp3) is 0.429. The minimum atomic E-state index is -1.06. The Hall–Kier alpha value is -2.28. The molecule has 1 atom stereocenters. The summed E-state index contributed by atoms with van der Waals surface area (Å²) in [6.45, 7) is 2.48. The van der Waals surface area contributed by atoms with Crippen LogP contribution in [-0.2, 0) is 9.53 Å². The predicted molar refractivity (Wildman–Crippen MR) is 75.7 cm³/mol. The summed E-state index contributed by atoms with van der Waals surface area (Å²) < 4.78 is 10.2. The molecule has 0 bridgehead atoms. The van der Waals surface area contributed by atoms with E-state index in [4.69, 9.17) is 14.6 Å². The minimum absolute atomic E-state index is 0.0381. The van der Waals surface area contributed by atoms with Gasteiger partial charge in [0.15, 0.2) is 6.10 Å². The van der Waals surface area contributed by atoms with Crippen molar-refractivity contribution in [3.63, 3.8) is 0 Å². The van der Waals surface area contributed by atoms with Gasteiger partial charge in [0.1, 0.15) is 5.75 Å². The van der Waals surface area contributed by atoms with Crippen LogP contribution in [0, 0.1) is 6.92 Å². The molecular weight excluding hydrogens is 276 g/mol. The molecule has 1 saturated heterocycles. The Labute approximate surface area is 122 Å². The van der Waals surface area contributed by atoms with Crippen LogP contribution in [0.25, 0.3) is 0 Å². The molecule has 1 heterocycles. The standard InChI is InChI=1S/C14H18N2O5/c1-9-7-10(20-2)3-4-11(9)15-14(19)16-5-6-21-12(8-16)13(17)18/h3-4,7,12H,5-6,8H2,1-2H3,(H,15,19)(H,17,18). The second kappa shape index (κ2) is 6.45. The molecule has 114 valence electrons. The van der Waals surface area contributed by atoms with E-state index in [0.717, 1.165) is 5.56 Å². The van der Waals surface area contributed by atoms with Crippen molar-refractivity contribution in [3.8, 4) is 5.75 Å². The number of nitrogens with zero attached hydrogens (tertiary/aromatic N) is 1. The molecule has 0 saturated carbocycles. The number of morpholine rings is 1. The summed E-state index contributed by atoms with van der Waals surface area (Å²) in [6.07, 6.45) is -0.971. The minimum Gasteiger partial charge on any atom is -0.497 e. The number of methoxy groups -OCH3 is 1. The molecule has 21 heavy (non-hydrogen) atoms. The normalized spacial score (nSPS) is 18.2. The second-order valence-electron chi connectivity index (χ2n) is 4.75. The van der Waals surface area contributed by atoms with Crippen molar-refractivity contribution >= 4 is 17.7 Å². The number of carboxylic acids is 1. The number of aliphatic carboxylic acids is 1. The summed E-state index contributed by atoms with van der Waals surface area (Å²) in [5, 5.41) is 11.7. The van der Waals surface area contributed by atoms with Crippen LogP contribution in [-0.4, -0.2) is 54.9 Å². The van der Waals surface area contributed by atoms with E-state index in [1.54, 1.807) is 19.2 Å². The van der Waals surface area contributed by atoms with Crippen molar-refractivity contribution in [2.24, 2.45) is 0 Å². The molecule has 2 N–H and O–H groups in total. The van der Waals surface area contributed by atoms with E-state index in [0.29, 0.717) is 18.0 Å². The zero-order valence-corrected chi connectivity index (χ0v) is 12.0. The number of hydrogen-bond acceptors (Lipinski definition) is 4. The number of aryl methyl sites for hydroxylation is 1. The Balaban J connectivity index is 2.02. The number of nitrogens with one attached hydrogen (secondary N) is 1. The molecule has 0 aliphatic carbocycles. The van der Waals surface area contributed by atoms with Gasteiger partial charge in [0.05, 0.1) is 20.3 Å². The number of anilines is 1. The van der Waals surface area contributed by atoms with E-state index in [2.05, 4.69) is 5.32 Å². The highest BCUT2D eigenvalue weighted by atomic mass is 16.5. The molecular formula is C14H18N2O5. The van der Waals surface area contributed by atoms with Crippen molar-refractivity contribution in [3.05, 3.63) is 23.8 Å². The maximum atomic E-state index is 12.2. The quantitative estimate of drug-likeness (QED) is 0.878. The third-order valence-electron chi connectivity index (χ3n) is 3.30. The van der Waals surface area contributed by atoms with Crippen molar-refractivity contribution in [1.29, 1.82) is 0 Å². The fourth-order valence-corrected chi connectivity index (χ4v) is 2.08. The third-order valence-corrected chi connectivity index (χ3v) is 3.30. The predicted octanol–water partition coefficient (Wildman–Crippen LogP) is 1.32. The monoisotopic (exact) mass is 294 g/mol. The molecule has 1 unspecified atom stereocenters. The molecule has 2 rings (SSSR count). The summed E-state index contributed by atoms with van der Waals surface area (Å²) in [6, 6.07) is 4.98. The lowest BCUT2D eigenvalue weighted by atomic mass is 10.2. The van der Waals surface area contributed by atoms with Crippen LogP contribution in [0.3, 0.4) is 0 Å². The van der Waals surface area contributed by atoms with Gasteiger partial charge in [-0.3, -0.25) is 0 Å². The fourth-order valence-electron chi connectivity index (χ4n) is 2.08. The lowest BCUT2D eigenvalue weighted by Crippen LogP contribution is -2.49. The maximum Gasteiger partial charge on any atom is 0.334 e. The zero-order valence-electron chi connectivity index (χ0n) is 12.0. The molecule has 0 aromatic heterocycles. The number of rotatable bonds is 3. The van der Waals surface area contributed by atoms with Gasteiger partial charge in [0.25, 0.3) is 0 Å². The lowest BCUT2D eigenvalue weighted by molar-refractivity contribution is -0.154. The lowest BCUT2D eigenvalue weighted by Gasteiger charge is -2.31. The average Bonchev–Trinajstić information content (AvgIpc) is 2.49. The van der Waals surface area contributed by atoms with Crippen LogP contribution in [0.5, 0.6) is 5.75 Å². The molecule has 1 aromatic carbocycles. The van der Waals surface area contributed by atoms with Crippen LogP contribution < -0.4 is 10.1 Å². The van der Waals surface area contributed by atoms with E-state index in [1.165, 1.54) is 4.90 Å². The van der Waals surface area contributed by atoms with Gasteiger partial charge in [-0.2, -0.15) is 0 Å². The molecule has 0 radical (unpaired) electrons. The molecule has 1 aliphatic rings. The number of amides is 2. The van der Waals surface area contributed by atoms with Gasteiger partial charge < -0.3 is 24.8 Å². The van der Waals surface area contributed by atoms with E-state index in [1.807, 2.05) is 13.0 Å². The smallest absolute Gasteiger partial charge is 0.334 e. The number of carbonyl (C=O) groups is 2. The first-order valence-corrected chi connectivity index (χ1v) is 6.56. The first-order valence-electron chi connectivity index (χ1n) is 6.56. The number of carboxylic acid groups (broad SMARTS) is 1. The highest BCUT2D eigenvalue weighted by Crippen LogP contribution is 2.21. The SMILES string of the molecule is COc1ccc(NC(=O)N2CCOC(C(=O)O)C2)c(C)c1. The first-order chi connectivity index (χ1) is 10.0. The zero-order chi connectivity index (χ0) is 15.4. The van der Waals surface area contributed by atoms with Crippen LogP contribution in [0.1, 0.15) is 5.56 Å². The van der Waals surface area contributed by atoms with Gasteiger partial charge in [-0.25, -0.2) is 9.59 Å². The highest BCUT2D eigenvalue weighted by molar-refractivity contribution is 5.90. The van der Waals surface area contributed by atoms with Gasteiger partial charge in [-0.15, -0.1) is 0 Å². The average molecular weight is 294 g/mol. The Morgan fingerprint density at radius 3 is 2.86 bits per heavy atom. The molecule has 0 spiro atoms. The van der Waals surface area contributed by atoms with E-state index >= 15 is 0 Å². The van der Waals surface area contributed by atoms with Gasteiger partial charge in [-0.1, -0.05) is 0 Å². The van der Waals surface area contributed by atoms with Crippen LogP contribution in [0.2, 0.25) is 0 Å². The molecule has 7 heteroatoms. The van der Waals surface area contributed by atoms with E-state index < -0.39 is 12.1 Å². The van der Waals surface area contributed by atoms with Crippen molar-refractivity contribution in [1.82, 2.24) is 4.90 Å². The van der Waals surface area contributed by atoms with Gasteiger partial charge in [0, 0.05) is 12.2 Å². The van der Waals surface area contributed by atoms with Gasteiger partial charge in [-0.05, 0) is 30.7 Å². The Bertz CT molecular complexity index is 546. The maximum absolute atomic E-state index is 12.2. The summed E-state index contributed by atoms with van der Waals surface area (Å²) in [5.41, 5.74) is 1.53. The third kappa shape index (κ3) is 3.63. The van der Waals surface area contributed by atoms with E-state index in [-0.39, 0.29) is 19.2 Å². The van der Waals surface area contributed by atoms with Gasteiger partial charge in [0.2, 0.25) is 0 Å². The van der Waals surface area contributed by atoms with Crippen LogP contribution in [0.15, 0.2) is 18.2 Å². The number of urea groups is 1. The summed E-state index contributed by atoms with van der Waals surface area (Å²) >= 11 is 0. The summed E-state index contributed by atoms with van der Waals surface area (Å²) in [7, 11) is 1.58. The summed E-state index contributed by atoms with van der Waals surface area (Å²) in [5.74, 6) is -0.351. The van der Waals surface area contributed by atoms with Crippen LogP contribution >= 0.6 is 0 Å². The number of benzene rings is 1. The number of carbonyl (C=O) groups excluding carboxylic acids is 1. The largest absolute Gasteiger partial charge is 0.497 e. The van der Waals surface area contributed by atoms with E-state index in [9.17, 15) is 9.59 Å². The van der Waals surface area contributed by atoms with Crippen molar-refractivity contribution in [2.45, 2.75) is 13.0 Å². The molecule has 1 aromatic rings.